The van der Waals surface area contributed by atoms with Gasteiger partial charge in [0.25, 0.3) is 5.91 Å². The quantitative estimate of drug-likeness (QED) is 0.503. The predicted octanol–water partition coefficient (Wildman–Crippen LogP) is 4.58. The van der Waals surface area contributed by atoms with Crippen LogP contribution in [0.1, 0.15) is 24.2 Å². The molecule has 0 fully saturated rings. The minimum Gasteiger partial charge on any atom is -0.328 e. The second-order valence-corrected chi connectivity index (χ2v) is 7.66. The molecule has 2 aromatic heterocycles. The van der Waals surface area contributed by atoms with Gasteiger partial charge in [-0.3, -0.25) is 9.78 Å². The summed E-state index contributed by atoms with van der Waals surface area (Å²) in [6.07, 6.45) is 1.72. The van der Waals surface area contributed by atoms with Crippen molar-refractivity contribution in [3.8, 4) is 11.4 Å². The molecule has 4 aromatic rings. The molecule has 5 rings (SSSR count). The van der Waals surface area contributed by atoms with E-state index in [0.29, 0.717) is 28.7 Å². The van der Waals surface area contributed by atoms with Gasteiger partial charge >= 0.3 is 0 Å². The number of aromatic nitrogens is 4. The van der Waals surface area contributed by atoms with E-state index < -0.39 is 6.04 Å². The SMILES string of the molecule is CC1=C(C(=O)Nc2ccccc2)C(c2ccccn2)n2nc(-c3ccccc3C)nc2N1. The van der Waals surface area contributed by atoms with E-state index in [-0.39, 0.29) is 5.91 Å². The van der Waals surface area contributed by atoms with Crippen molar-refractivity contribution < 1.29 is 4.79 Å². The molecule has 7 heteroatoms. The first-order chi connectivity index (χ1) is 15.6. The van der Waals surface area contributed by atoms with Gasteiger partial charge in [-0.15, -0.1) is 5.10 Å². The molecule has 7 nitrogen and oxygen atoms in total. The summed E-state index contributed by atoms with van der Waals surface area (Å²) in [4.78, 5) is 22.7. The van der Waals surface area contributed by atoms with Crippen molar-refractivity contribution in [2.75, 3.05) is 10.6 Å². The molecule has 0 spiro atoms. The normalized spacial score (nSPS) is 15.1. The smallest absolute Gasteiger partial charge is 0.255 e. The van der Waals surface area contributed by atoms with Gasteiger partial charge in [0.15, 0.2) is 5.82 Å². The molecule has 1 amide bonds. The lowest BCUT2D eigenvalue weighted by Crippen LogP contribution is -2.32. The fourth-order valence-electron chi connectivity index (χ4n) is 3.91. The highest BCUT2D eigenvalue weighted by Crippen LogP contribution is 2.36. The van der Waals surface area contributed by atoms with Crippen molar-refractivity contribution in [2.24, 2.45) is 0 Å². The van der Waals surface area contributed by atoms with Crippen LogP contribution in [0, 0.1) is 6.92 Å². The standard InChI is InChI=1S/C25H22N6O/c1-16-10-6-7-13-19(16)23-29-25-27-17(2)21(24(32)28-18-11-4-3-5-12-18)22(31(25)30-23)20-14-8-9-15-26-20/h3-15,22H,1-2H3,(H,28,32)(H,27,29,30). The molecule has 0 bridgehead atoms. The Balaban J connectivity index is 1.61. The second kappa shape index (κ2) is 8.11. The summed E-state index contributed by atoms with van der Waals surface area (Å²) in [5.74, 6) is 0.965. The molecule has 3 heterocycles. The zero-order valence-electron chi connectivity index (χ0n) is 17.8. The minimum absolute atomic E-state index is 0.213. The topological polar surface area (TPSA) is 84.7 Å². The number of nitrogens with one attached hydrogen (secondary N) is 2. The Morgan fingerprint density at radius 2 is 1.72 bits per heavy atom. The number of nitrogens with zero attached hydrogens (tertiary/aromatic N) is 4. The van der Waals surface area contributed by atoms with Crippen LogP contribution in [0.5, 0.6) is 0 Å². The first kappa shape index (κ1) is 19.7. The molecule has 32 heavy (non-hydrogen) atoms. The van der Waals surface area contributed by atoms with E-state index in [0.717, 1.165) is 16.8 Å². The van der Waals surface area contributed by atoms with Gasteiger partial charge in [0.05, 0.1) is 11.3 Å². The maximum absolute atomic E-state index is 13.4. The third kappa shape index (κ3) is 3.54. The van der Waals surface area contributed by atoms with Crippen LogP contribution in [-0.4, -0.2) is 25.7 Å². The Hall–Kier alpha value is -4.26. The van der Waals surface area contributed by atoms with Crippen LogP contribution in [0.3, 0.4) is 0 Å². The number of hydrogen-bond donors (Lipinski definition) is 2. The third-order valence-electron chi connectivity index (χ3n) is 5.48. The van der Waals surface area contributed by atoms with Crippen molar-refractivity contribution in [3.05, 3.63) is 102 Å². The number of pyridine rings is 1. The first-order valence-corrected chi connectivity index (χ1v) is 10.4. The molecular formula is C25H22N6O. The summed E-state index contributed by atoms with van der Waals surface area (Å²) < 4.78 is 1.75. The molecule has 0 radical (unpaired) electrons. The molecule has 0 saturated heterocycles. The summed E-state index contributed by atoms with van der Waals surface area (Å²) in [6.45, 7) is 3.91. The van der Waals surface area contributed by atoms with Gasteiger partial charge < -0.3 is 10.6 Å². The van der Waals surface area contributed by atoms with Crippen LogP contribution >= 0.6 is 0 Å². The van der Waals surface area contributed by atoms with Gasteiger partial charge in [0.2, 0.25) is 5.95 Å². The van der Waals surface area contributed by atoms with Crippen molar-refractivity contribution in [2.45, 2.75) is 19.9 Å². The number of anilines is 2. The summed E-state index contributed by atoms with van der Waals surface area (Å²) in [5, 5.41) is 11.1. The van der Waals surface area contributed by atoms with Gasteiger partial charge in [-0.1, -0.05) is 48.5 Å². The molecule has 1 unspecified atom stereocenters. The second-order valence-electron chi connectivity index (χ2n) is 7.66. The maximum atomic E-state index is 13.4. The lowest BCUT2D eigenvalue weighted by atomic mass is 9.98. The predicted molar refractivity (Wildman–Crippen MR) is 124 cm³/mol. The first-order valence-electron chi connectivity index (χ1n) is 10.4. The van der Waals surface area contributed by atoms with Gasteiger partial charge in [-0.05, 0) is 43.7 Å². The maximum Gasteiger partial charge on any atom is 0.255 e. The van der Waals surface area contributed by atoms with Crippen molar-refractivity contribution in [3.63, 3.8) is 0 Å². The number of amides is 1. The molecule has 1 atom stereocenters. The van der Waals surface area contributed by atoms with Crippen molar-refractivity contribution >= 4 is 17.5 Å². The average molecular weight is 422 g/mol. The largest absolute Gasteiger partial charge is 0.328 e. The van der Waals surface area contributed by atoms with Crippen LogP contribution in [0.15, 0.2) is 90.3 Å². The Morgan fingerprint density at radius 1 is 0.969 bits per heavy atom. The van der Waals surface area contributed by atoms with Gasteiger partial charge in [-0.2, -0.15) is 4.98 Å². The van der Waals surface area contributed by atoms with Crippen LogP contribution in [0.25, 0.3) is 11.4 Å². The van der Waals surface area contributed by atoms with Crippen LogP contribution in [0.4, 0.5) is 11.6 Å². The van der Waals surface area contributed by atoms with Gasteiger partial charge in [0.1, 0.15) is 6.04 Å². The number of hydrogen-bond acceptors (Lipinski definition) is 5. The number of carbonyl (C=O) groups excluding carboxylic acids is 1. The zero-order valence-corrected chi connectivity index (χ0v) is 17.8. The minimum atomic E-state index is -0.513. The molecule has 2 N–H and O–H groups in total. The lowest BCUT2D eigenvalue weighted by Gasteiger charge is -2.28. The van der Waals surface area contributed by atoms with E-state index in [4.69, 9.17) is 10.1 Å². The molecule has 0 saturated carbocycles. The summed E-state index contributed by atoms with van der Waals surface area (Å²) in [7, 11) is 0. The fourth-order valence-corrected chi connectivity index (χ4v) is 3.91. The summed E-state index contributed by atoms with van der Waals surface area (Å²) >= 11 is 0. The monoisotopic (exact) mass is 422 g/mol. The zero-order chi connectivity index (χ0) is 22.1. The number of para-hydroxylation sites is 1. The highest BCUT2D eigenvalue weighted by Gasteiger charge is 2.35. The average Bonchev–Trinajstić information content (AvgIpc) is 3.23. The van der Waals surface area contributed by atoms with Crippen LogP contribution in [-0.2, 0) is 4.79 Å². The Kier molecular flexibility index (Phi) is 4.99. The molecular weight excluding hydrogens is 400 g/mol. The highest BCUT2D eigenvalue weighted by atomic mass is 16.1. The summed E-state index contributed by atoms with van der Waals surface area (Å²) in [5.41, 5.74) is 4.73. The number of allylic oxidation sites excluding steroid dienone is 1. The van der Waals surface area contributed by atoms with Crippen LogP contribution in [0.2, 0.25) is 0 Å². The van der Waals surface area contributed by atoms with E-state index in [2.05, 4.69) is 15.6 Å². The number of benzene rings is 2. The number of rotatable bonds is 4. The third-order valence-corrected chi connectivity index (χ3v) is 5.48. The number of aryl methyl sites for hydroxylation is 1. The van der Waals surface area contributed by atoms with E-state index >= 15 is 0 Å². The molecule has 1 aliphatic rings. The van der Waals surface area contributed by atoms with E-state index in [1.165, 1.54) is 0 Å². The lowest BCUT2D eigenvalue weighted by molar-refractivity contribution is -0.113. The molecule has 158 valence electrons. The Bertz CT molecular complexity index is 1310. The Morgan fingerprint density at radius 3 is 2.47 bits per heavy atom. The molecule has 1 aliphatic heterocycles. The van der Waals surface area contributed by atoms with Gasteiger partial charge in [0, 0.05) is 23.1 Å². The molecule has 0 aliphatic carbocycles. The Labute approximate surface area is 185 Å². The van der Waals surface area contributed by atoms with E-state index in [1.807, 2.05) is 86.6 Å². The highest BCUT2D eigenvalue weighted by molar-refractivity contribution is 6.05. The summed E-state index contributed by atoms with van der Waals surface area (Å²) in [6, 6.07) is 22.5. The van der Waals surface area contributed by atoms with E-state index in [1.54, 1.807) is 10.9 Å². The fraction of sp³-hybridized carbons (Fsp3) is 0.120. The van der Waals surface area contributed by atoms with Crippen molar-refractivity contribution in [1.29, 1.82) is 0 Å². The molecule has 2 aromatic carbocycles. The number of fused-ring (bicyclic) bond motifs is 1. The number of carbonyl (C=O) groups is 1. The van der Waals surface area contributed by atoms with Gasteiger partial charge in [-0.25, -0.2) is 4.68 Å². The van der Waals surface area contributed by atoms with Crippen LogP contribution < -0.4 is 10.6 Å². The van der Waals surface area contributed by atoms with Crippen molar-refractivity contribution in [1.82, 2.24) is 19.7 Å². The van der Waals surface area contributed by atoms with E-state index in [9.17, 15) is 4.79 Å².